The number of anilines is 2. The SMILES string of the molecule is CN1CCN(C(=O)C2(C)COC(c3nc(-c4ccc(F)cc4)c(-c4ccnc(Nc5ccncc5)n4)[nH]3)OC2)CC1. The van der Waals surface area contributed by atoms with E-state index in [4.69, 9.17) is 14.5 Å². The molecule has 1 amide bonds. The highest BCUT2D eigenvalue weighted by atomic mass is 19.1. The molecule has 6 rings (SSSR count). The number of imidazole rings is 1. The standard InChI is InChI=1S/C29H31FN8O3/c1-29(27(39)38-15-13-37(2)14-16-38)17-40-26(41-18-29)25-35-23(19-3-5-20(30)6-4-19)24(36-25)22-9-12-32-28(34-22)33-21-7-10-31-11-8-21/h3-12,26H,13-18H2,1-2H3,(H,35,36)(H,31,32,33,34). The maximum Gasteiger partial charge on any atom is 0.233 e. The fourth-order valence-corrected chi connectivity index (χ4v) is 4.91. The second kappa shape index (κ2) is 11.3. The van der Waals surface area contributed by atoms with Crippen LogP contribution < -0.4 is 5.32 Å². The Morgan fingerprint density at radius 3 is 2.41 bits per heavy atom. The summed E-state index contributed by atoms with van der Waals surface area (Å²) in [5, 5.41) is 3.17. The number of hydrogen-bond donors (Lipinski definition) is 2. The predicted molar refractivity (Wildman–Crippen MR) is 149 cm³/mol. The Labute approximate surface area is 236 Å². The van der Waals surface area contributed by atoms with Gasteiger partial charge in [0, 0.05) is 56.0 Å². The zero-order valence-electron chi connectivity index (χ0n) is 22.9. The maximum atomic E-state index is 13.7. The van der Waals surface area contributed by atoms with Crippen LogP contribution in [0, 0.1) is 11.2 Å². The van der Waals surface area contributed by atoms with Crippen LogP contribution in [-0.2, 0) is 14.3 Å². The fraction of sp³-hybridized carbons (Fsp3) is 0.345. The number of H-pyrrole nitrogens is 1. The van der Waals surface area contributed by atoms with Gasteiger partial charge in [-0.3, -0.25) is 9.78 Å². The van der Waals surface area contributed by atoms with E-state index in [1.54, 1.807) is 36.8 Å². The molecule has 2 saturated heterocycles. The molecule has 3 aromatic heterocycles. The van der Waals surface area contributed by atoms with Gasteiger partial charge in [0.05, 0.1) is 35.7 Å². The number of ether oxygens (including phenoxy) is 2. The highest BCUT2D eigenvalue weighted by molar-refractivity contribution is 5.83. The third kappa shape index (κ3) is 5.80. The summed E-state index contributed by atoms with van der Waals surface area (Å²) in [5.74, 6) is 0.500. The topological polar surface area (TPSA) is 121 Å². The molecule has 0 saturated carbocycles. The summed E-state index contributed by atoms with van der Waals surface area (Å²) in [6.45, 7) is 5.32. The first-order valence-electron chi connectivity index (χ1n) is 13.5. The number of aromatic amines is 1. The summed E-state index contributed by atoms with van der Waals surface area (Å²) in [6.07, 6.45) is 4.18. The van der Waals surface area contributed by atoms with Crippen molar-refractivity contribution in [1.82, 2.24) is 34.7 Å². The van der Waals surface area contributed by atoms with E-state index >= 15 is 0 Å². The number of halogens is 1. The van der Waals surface area contributed by atoms with Crippen LogP contribution in [0.5, 0.6) is 0 Å². The van der Waals surface area contributed by atoms with Crippen molar-refractivity contribution >= 4 is 17.5 Å². The Morgan fingerprint density at radius 1 is 1.00 bits per heavy atom. The Bertz CT molecular complexity index is 1500. The van der Waals surface area contributed by atoms with Crippen molar-refractivity contribution in [3.8, 4) is 22.6 Å². The van der Waals surface area contributed by atoms with Crippen molar-refractivity contribution < 1.29 is 18.7 Å². The monoisotopic (exact) mass is 558 g/mol. The van der Waals surface area contributed by atoms with E-state index < -0.39 is 11.7 Å². The number of aromatic nitrogens is 5. The van der Waals surface area contributed by atoms with Crippen molar-refractivity contribution in [2.45, 2.75) is 13.2 Å². The van der Waals surface area contributed by atoms with Gasteiger partial charge in [-0.25, -0.2) is 19.3 Å². The van der Waals surface area contributed by atoms with E-state index in [0.29, 0.717) is 47.5 Å². The summed E-state index contributed by atoms with van der Waals surface area (Å²) in [5.41, 5.74) is 2.42. The number of nitrogens with one attached hydrogen (secondary N) is 2. The van der Waals surface area contributed by atoms with Crippen LogP contribution >= 0.6 is 0 Å². The minimum Gasteiger partial charge on any atom is -0.345 e. The Hall–Kier alpha value is -4.26. The van der Waals surface area contributed by atoms with Gasteiger partial charge < -0.3 is 29.6 Å². The number of piperazine rings is 1. The van der Waals surface area contributed by atoms with Crippen LogP contribution in [0.1, 0.15) is 19.0 Å². The number of benzene rings is 1. The van der Waals surface area contributed by atoms with Crippen LogP contribution in [0.4, 0.5) is 16.0 Å². The molecule has 2 fully saturated rings. The minimum absolute atomic E-state index is 0.0337. The molecule has 1 aromatic carbocycles. The number of likely N-dealkylation sites (N-methyl/N-ethyl adjacent to an activating group) is 1. The summed E-state index contributed by atoms with van der Waals surface area (Å²) < 4.78 is 25.9. The van der Waals surface area contributed by atoms with Crippen LogP contribution in [0.15, 0.2) is 61.1 Å². The van der Waals surface area contributed by atoms with Crippen molar-refractivity contribution in [2.24, 2.45) is 5.41 Å². The molecule has 41 heavy (non-hydrogen) atoms. The molecule has 0 spiro atoms. The minimum atomic E-state index is -0.812. The first kappa shape index (κ1) is 26.9. The third-order valence-corrected chi connectivity index (χ3v) is 7.32. The van der Waals surface area contributed by atoms with Gasteiger partial charge in [-0.05, 0) is 56.4 Å². The van der Waals surface area contributed by atoms with Crippen LogP contribution in [0.2, 0.25) is 0 Å². The molecule has 12 heteroatoms. The number of nitrogens with zero attached hydrogens (tertiary/aromatic N) is 6. The lowest BCUT2D eigenvalue weighted by molar-refractivity contribution is -0.234. The highest BCUT2D eigenvalue weighted by Crippen LogP contribution is 2.36. The summed E-state index contributed by atoms with van der Waals surface area (Å²) >= 11 is 0. The highest BCUT2D eigenvalue weighted by Gasteiger charge is 2.43. The lowest BCUT2D eigenvalue weighted by Gasteiger charge is -2.41. The van der Waals surface area contributed by atoms with Gasteiger partial charge in [0.25, 0.3) is 0 Å². The Morgan fingerprint density at radius 2 is 1.71 bits per heavy atom. The first-order valence-corrected chi connectivity index (χ1v) is 13.5. The number of rotatable bonds is 6. The van der Waals surface area contributed by atoms with Gasteiger partial charge in [-0.2, -0.15) is 0 Å². The number of pyridine rings is 1. The Kier molecular flexibility index (Phi) is 7.43. The number of amides is 1. The predicted octanol–water partition coefficient (Wildman–Crippen LogP) is 3.64. The smallest absolute Gasteiger partial charge is 0.233 e. The van der Waals surface area contributed by atoms with E-state index in [-0.39, 0.29) is 24.9 Å². The fourth-order valence-electron chi connectivity index (χ4n) is 4.91. The third-order valence-electron chi connectivity index (χ3n) is 7.32. The van der Waals surface area contributed by atoms with Gasteiger partial charge >= 0.3 is 0 Å². The molecule has 2 N–H and O–H groups in total. The molecular weight excluding hydrogens is 527 g/mol. The molecule has 0 radical (unpaired) electrons. The molecule has 0 unspecified atom stereocenters. The van der Waals surface area contributed by atoms with Gasteiger partial charge in [-0.15, -0.1) is 0 Å². The molecule has 0 bridgehead atoms. The van der Waals surface area contributed by atoms with E-state index in [0.717, 1.165) is 18.8 Å². The van der Waals surface area contributed by atoms with Crippen LogP contribution in [-0.4, -0.2) is 87.1 Å². The average Bonchev–Trinajstić information content (AvgIpc) is 3.44. The van der Waals surface area contributed by atoms with Crippen molar-refractivity contribution in [3.05, 3.63) is 72.7 Å². The average molecular weight is 559 g/mol. The summed E-state index contributed by atoms with van der Waals surface area (Å²) in [7, 11) is 2.05. The van der Waals surface area contributed by atoms with E-state index in [1.807, 2.05) is 24.0 Å². The molecule has 212 valence electrons. The first-order chi connectivity index (χ1) is 19.9. The number of hydrogen-bond acceptors (Lipinski definition) is 9. The lowest BCUT2D eigenvalue weighted by Crippen LogP contribution is -2.55. The number of carbonyl (C=O) groups excluding carboxylic acids is 1. The second-order valence-corrected chi connectivity index (χ2v) is 10.6. The largest absolute Gasteiger partial charge is 0.345 e. The van der Waals surface area contributed by atoms with E-state index in [9.17, 15) is 9.18 Å². The van der Waals surface area contributed by atoms with E-state index in [1.165, 1.54) is 12.1 Å². The van der Waals surface area contributed by atoms with E-state index in [2.05, 4.69) is 37.2 Å². The second-order valence-electron chi connectivity index (χ2n) is 10.6. The number of carbonyl (C=O) groups is 1. The Balaban J connectivity index is 1.26. The zero-order chi connectivity index (χ0) is 28.4. The van der Waals surface area contributed by atoms with Gasteiger partial charge in [-0.1, -0.05) is 0 Å². The summed E-state index contributed by atoms with van der Waals surface area (Å²) in [4.78, 5) is 38.6. The maximum absolute atomic E-state index is 13.7. The van der Waals surface area contributed by atoms with Gasteiger partial charge in [0.2, 0.25) is 18.1 Å². The molecular formula is C29H31FN8O3. The summed E-state index contributed by atoms with van der Waals surface area (Å²) in [6, 6.07) is 11.5. The molecule has 0 atom stereocenters. The molecule has 2 aliphatic rings. The van der Waals surface area contributed by atoms with Crippen molar-refractivity contribution in [2.75, 3.05) is 51.8 Å². The molecule has 0 aliphatic carbocycles. The molecule has 5 heterocycles. The lowest BCUT2D eigenvalue weighted by atomic mass is 9.90. The normalized spacial score (nSPS) is 21.5. The zero-order valence-corrected chi connectivity index (χ0v) is 22.9. The van der Waals surface area contributed by atoms with Gasteiger partial charge in [0.1, 0.15) is 5.82 Å². The van der Waals surface area contributed by atoms with Gasteiger partial charge in [0.15, 0.2) is 5.82 Å². The molecule has 4 aromatic rings. The quantitative estimate of drug-likeness (QED) is 0.365. The van der Waals surface area contributed by atoms with Crippen molar-refractivity contribution in [1.29, 1.82) is 0 Å². The van der Waals surface area contributed by atoms with Crippen LogP contribution in [0.25, 0.3) is 22.6 Å². The molecule has 2 aliphatic heterocycles. The van der Waals surface area contributed by atoms with Crippen LogP contribution in [0.3, 0.4) is 0 Å². The van der Waals surface area contributed by atoms with Crippen molar-refractivity contribution in [3.63, 3.8) is 0 Å². The molecule has 11 nitrogen and oxygen atoms in total.